The van der Waals surface area contributed by atoms with Crippen molar-refractivity contribution in [1.82, 2.24) is 4.57 Å². The molecule has 25 heavy (non-hydrogen) atoms. The number of rotatable bonds is 6. The second-order valence-corrected chi connectivity index (χ2v) is 6.59. The summed E-state index contributed by atoms with van der Waals surface area (Å²) >= 11 is 0. The Morgan fingerprint density at radius 2 is 1.44 bits per heavy atom. The van der Waals surface area contributed by atoms with E-state index in [2.05, 4.69) is 79.0 Å². The third-order valence-electron chi connectivity index (χ3n) is 4.58. The Kier molecular flexibility index (Phi) is 5.13. The zero-order chi connectivity index (χ0) is 17.8. The molecule has 0 saturated heterocycles. The van der Waals surface area contributed by atoms with Crippen LogP contribution in [0.1, 0.15) is 30.9 Å². The van der Waals surface area contributed by atoms with Gasteiger partial charge in [-0.25, -0.2) is 0 Å². The number of nitrogens with zero attached hydrogens (tertiary/aromatic N) is 2. The van der Waals surface area contributed by atoms with Gasteiger partial charge in [-0.05, 0) is 37.1 Å². The highest BCUT2D eigenvalue weighted by molar-refractivity contribution is 5.80. The fourth-order valence-electron chi connectivity index (χ4n) is 3.13. The number of aromatic nitrogens is 1. The largest absolute Gasteiger partial charge is 0.339 e. The van der Waals surface area contributed by atoms with Gasteiger partial charge in [0.05, 0.1) is 11.4 Å². The molecule has 0 bridgehead atoms. The van der Waals surface area contributed by atoms with Gasteiger partial charge >= 0.3 is 0 Å². The van der Waals surface area contributed by atoms with Gasteiger partial charge in [0.2, 0.25) is 0 Å². The summed E-state index contributed by atoms with van der Waals surface area (Å²) in [6.45, 7) is 7.20. The lowest BCUT2D eigenvalue weighted by molar-refractivity contribution is 0.644. The number of aryl methyl sites for hydroxylation is 2. The molecule has 3 aromatic rings. The van der Waals surface area contributed by atoms with Crippen LogP contribution in [-0.4, -0.2) is 4.57 Å². The zero-order valence-electron chi connectivity index (χ0n) is 15.1. The smallest absolute Gasteiger partial charge is 0.134 e. The van der Waals surface area contributed by atoms with E-state index in [9.17, 15) is 4.91 Å². The van der Waals surface area contributed by atoms with Crippen molar-refractivity contribution in [3.63, 3.8) is 0 Å². The molecule has 1 heterocycles. The van der Waals surface area contributed by atoms with Gasteiger partial charge in [-0.1, -0.05) is 73.0 Å². The van der Waals surface area contributed by atoms with Gasteiger partial charge in [0, 0.05) is 12.1 Å². The first-order valence-corrected chi connectivity index (χ1v) is 8.85. The first-order valence-electron chi connectivity index (χ1n) is 8.85. The third kappa shape index (κ3) is 3.55. The van der Waals surface area contributed by atoms with Crippen molar-refractivity contribution < 1.29 is 0 Å². The fourth-order valence-corrected chi connectivity index (χ4v) is 3.13. The van der Waals surface area contributed by atoms with E-state index < -0.39 is 0 Å². The minimum Gasteiger partial charge on any atom is -0.339 e. The van der Waals surface area contributed by atoms with Crippen molar-refractivity contribution in [1.29, 1.82) is 0 Å². The van der Waals surface area contributed by atoms with Crippen LogP contribution >= 0.6 is 0 Å². The SMILES string of the molecule is CCCCn1c(-c2ccc(C)cc2)cc(N=O)c1-c1ccc(C)cc1. The van der Waals surface area contributed by atoms with Crippen LogP contribution in [0.15, 0.2) is 59.8 Å². The first-order chi connectivity index (χ1) is 12.1. The second-order valence-electron chi connectivity index (χ2n) is 6.59. The minimum atomic E-state index is 0.510. The zero-order valence-corrected chi connectivity index (χ0v) is 15.1. The van der Waals surface area contributed by atoms with Crippen LogP contribution in [0, 0.1) is 18.8 Å². The Morgan fingerprint density at radius 3 is 1.96 bits per heavy atom. The lowest BCUT2D eigenvalue weighted by Gasteiger charge is -2.14. The lowest BCUT2D eigenvalue weighted by Crippen LogP contribution is -2.02. The molecule has 0 aliphatic heterocycles. The molecule has 0 N–H and O–H groups in total. The van der Waals surface area contributed by atoms with Crippen molar-refractivity contribution >= 4 is 5.69 Å². The molecule has 2 aromatic carbocycles. The Labute approximate surface area is 149 Å². The summed E-state index contributed by atoms with van der Waals surface area (Å²) in [6, 6.07) is 18.6. The standard InChI is InChI=1S/C22H24N2O/c1-4-5-14-24-21(18-10-6-16(2)7-11-18)15-20(23-25)22(24)19-12-8-17(3)9-13-19/h6-13,15H,4-5,14H2,1-3H3. The molecule has 3 rings (SSSR count). The molecule has 0 atom stereocenters. The monoisotopic (exact) mass is 332 g/mol. The molecule has 0 amide bonds. The third-order valence-corrected chi connectivity index (χ3v) is 4.58. The number of hydrogen-bond acceptors (Lipinski definition) is 2. The Bertz CT molecular complexity index is 858. The molecule has 0 saturated carbocycles. The topological polar surface area (TPSA) is 34.4 Å². The minimum absolute atomic E-state index is 0.510. The Morgan fingerprint density at radius 1 is 0.880 bits per heavy atom. The van der Waals surface area contributed by atoms with Crippen LogP contribution in [0.2, 0.25) is 0 Å². The summed E-state index contributed by atoms with van der Waals surface area (Å²) in [7, 11) is 0. The number of hydrogen-bond donors (Lipinski definition) is 0. The molecule has 3 nitrogen and oxygen atoms in total. The fraction of sp³-hybridized carbons (Fsp3) is 0.273. The average Bonchev–Trinajstić information content (AvgIpc) is 3.00. The van der Waals surface area contributed by atoms with Crippen LogP contribution in [0.4, 0.5) is 5.69 Å². The lowest BCUT2D eigenvalue weighted by atomic mass is 10.1. The second kappa shape index (κ2) is 7.47. The number of benzene rings is 2. The van der Waals surface area contributed by atoms with Gasteiger partial charge in [-0.2, -0.15) is 0 Å². The molecular formula is C22H24N2O. The number of unbranched alkanes of at least 4 members (excludes halogenated alkanes) is 1. The molecule has 0 aliphatic rings. The van der Waals surface area contributed by atoms with Crippen LogP contribution < -0.4 is 0 Å². The molecule has 3 heteroatoms. The van der Waals surface area contributed by atoms with Gasteiger partial charge in [-0.3, -0.25) is 0 Å². The molecule has 1 aromatic heterocycles. The summed E-state index contributed by atoms with van der Waals surface area (Å²) in [6.07, 6.45) is 2.16. The highest BCUT2D eigenvalue weighted by atomic mass is 16.3. The van der Waals surface area contributed by atoms with Gasteiger partial charge in [0.25, 0.3) is 0 Å². The maximum absolute atomic E-state index is 11.5. The summed E-state index contributed by atoms with van der Waals surface area (Å²) in [5.41, 5.74) is 7.06. The van der Waals surface area contributed by atoms with Crippen LogP contribution in [0.25, 0.3) is 22.5 Å². The van der Waals surface area contributed by atoms with E-state index >= 15 is 0 Å². The average molecular weight is 332 g/mol. The van der Waals surface area contributed by atoms with Gasteiger partial charge < -0.3 is 4.57 Å². The summed E-state index contributed by atoms with van der Waals surface area (Å²) in [5.74, 6) is 0. The highest BCUT2D eigenvalue weighted by Crippen LogP contribution is 2.38. The van der Waals surface area contributed by atoms with Gasteiger partial charge in [-0.15, -0.1) is 4.91 Å². The van der Waals surface area contributed by atoms with Crippen molar-refractivity contribution in [3.8, 4) is 22.5 Å². The summed E-state index contributed by atoms with van der Waals surface area (Å²) in [4.78, 5) is 11.5. The van der Waals surface area contributed by atoms with E-state index in [1.54, 1.807) is 0 Å². The molecule has 0 radical (unpaired) electrons. The maximum atomic E-state index is 11.5. The van der Waals surface area contributed by atoms with Crippen LogP contribution in [0.5, 0.6) is 0 Å². The summed E-state index contributed by atoms with van der Waals surface area (Å²) < 4.78 is 2.25. The van der Waals surface area contributed by atoms with Crippen molar-refractivity contribution in [2.75, 3.05) is 0 Å². The summed E-state index contributed by atoms with van der Waals surface area (Å²) in [5, 5.41) is 3.33. The van der Waals surface area contributed by atoms with E-state index in [1.165, 1.54) is 11.1 Å². The molecule has 0 aliphatic carbocycles. The predicted molar refractivity (Wildman–Crippen MR) is 105 cm³/mol. The van der Waals surface area contributed by atoms with E-state index in [1.807, 2.05) is 6.07 Å². The van der Waals surface area contributed by atoms with Gasteiger partial charge in [0.1, 0.15) is 5.69 Å². The molecule has 0 unspecified atom stereocenters. The normalized spacial score (nSPS) is 10.8. The van der Waals surface area contributed by atoms with Gasteiger partial charge in [0.15, 0.2) is 0 Å². The van der Waals surface area contributed by atoms with E-state index in [-0.39, 0.29) is 0 Å². The Balaban J connectivity index is 2.20. The molecule has 128 valence electrons. The first kappa shape index (κ1) is 17.2. The molecule has 0 fully saturated rings. The molecule has 0 spiro atoms. The number of nitroso groups, excluding NO2 is 1. The van der Waals surface area contributed by atoms with Crippen LogP contribution in [0.3, 0.4) is 0 Å². The van der Waals surface area contributed by atoms with Crippen molar-refractivity contribution in [2.24, 2.45) is 5.18 Å². The maximum Gasteiger partial charge on any atom is 0.134 e. The molecular weight excluding hydrogens is 308 g/mol. The highest BCUT2D eigenvalue weighted by Gasteiger charge is 2.18. The van der Waals surface area contributed by atoms with E-state index in [0.717, 1.165) is 41.9 Å². The van der Waals surface area contributed by atoms with E-state index in [0.29, 0.717) is 5.69 Å². The van der Waals surface area contributed by atoms with Crippen molar-refractivity contribution in [3.05, 3.63) is 70.6 Å². The van der Waals surface area contributed by atoms with E-state index in [4.69, 9.17) is 0 Å². The Hall–Kier alpha value is -2.68. The van der Waals surface area contributed by atoms with Crippen LogP contribution in [-0.2, 0) is 6.54 Å². The predicted octanol–water partition coefficient (Wildman–Crippen LogP) is 6.64. The van der Waals surface area contributed by atoms with Crippen molar-refractivity contribution in [2.45, 2.75) is 40.2 Å². The quantitative estimate of drug-likeness (QED) is 0.466.